The summed E-state index contributed by atoms with van der Waals surface area (Å²) >= 11 is 0. The molecule has 0 bridgehead atoms. The van der Waals surface area contributed by atoms with Crippen LogP contribution in [0.4, 0.5) is 0 Å². The summed E-state index contributed by atoms with van der Waals surface area (Å²) in [6, 6.07) is -0.547. The van der Waals surface area contributed by atoms with Crippen molar-refractivity contribution in [3.05, 3.63) is 24.3 Å². The summed E-state index contributed by atoms with van der Waals surface area (Å²) < 4.78 is 5.47. The first-order valence-corrected chi connectivity index (χ1v) is 35.1. The fourth-order valence-corrected chi connectivity index (χ4v) is 11.1. The van der Waals surface area contributed by atoms with Crippen molar-refractivity contribution < 1.29 is 24.5 Å². The molecule has 0 aliphatic rings. The molecule has 0 heterocycles. The molecule has 456 valence electrons. The van der Waals surface area contributed by atoms with Crippen LogP contribution in [-0.2, 0) is 14.3 Å². The van der Waals surface area contributed by atoms with E-state index < -0.39 is 12.1 Å². The van der Waals surface area contributed by atoms with Crippen LogP contribution in [0.3, 0.4) is 0 Å². The summed E-state index contributed by atoms with van der Waals surface area (Å²) in [5, 5.41) is 23.4. The number of carbonyl (C=O) groups excluding carboxylic acids is 2. The number of hydrogen-bond donors (Lipinski definition) is 3. The first kappa shape index (κ1) is 75.3. The zero-order valence-corrected chi connectivity index (χ0v) is 52.2. The van der Waals surface area contributed by atoms with Crippen molar-refractivity contribution >= 4 is 11.9 Å². The van der Waals surface area contributed by atoms with Crippen molar-refractivity contribution in [2.45, 2.75) is 405 Å². The molecule has 0 radical (unpaired) electrons. The third kappa shape index (κ3) is 63.4. The van der Waals surface area contributed by atoms with Crippen molar-refractivity contribution in [2.75, 3.05) is 13.2 Å². The van der Waals surface area contributed by atoms with E-state index in [-0.39, 0.29) is 18.5 Å². The van der Waals surface area contributed by atoms with Crippen LogP contribution in [0.2, 0.25) is 0 Å². The Balaban J connectivity index is 3.43. The Kier molecular flexibility index (Phi) is 65.4. The number of esters is 1. The molecule has 77 heavy (non-hydrogen) atoms. The Morgan fingerprint density at radius 1 is 0.364 bits per heavy atom. The van der Waals surface area contributed by atoms with Gasteiger partial charge in [-0.15, -0.1) is 0 Å². The van der Waals surface area contributed by atoms with Gasteiger partial charge in [0, 0.05) is 12.8 Å². The van der Waals surface area contributed by atoms with Gasteiger partial charge in [-0.3, -0.25) is 9.59 Å². The zero-order valence-electron chi connectivity index (χ0n) is 52.2. The molecule has 0 saturated heterocycles. The first-order valence-electron chi connectivity index (χ1n) is 35.1. The minimum Gasteiger partial charge on any atom is -0.466 e. The number of allylic oxidation sites excluding steroid dienone is 4. The molecule has 0 spiro atoms. The van der Waals surface area contributed by atoms with Gasteiger partial charge in [0.2, 0.25) is 5.91 Å². The van der Waals surface area contributed by atoms with Crippen LogP contribution in [0.1, 0.15) is 393 Å². The molecule has 2 atom stereocenters. The van der Waals surface area contributed by atoms with Gasteiger partial charge in [-0.25, -0.2) is 0 Å². The predicted octanol–water partition coefficient (Wildman–Crippen LogP) is 22.5. The molecule has 6 nitrogen and oxygen atoms in total. The largest absolute Gasteiger partial charge is 0.466 e. The summed E-state index contributed by atoms with van der Waals surface area (Å²) in [6.07, 6.45) is 83.6. The maximum atomic E-state index is 12.5. The number of amides is 1. The monoisotopic (exact) mass is 1080 g/mol. The normalized spacial score (nSPS) is 12.6. The molecule has 2 unspecified atom stereocenters. The van der Waals surface area contributed by atoms with Gasteiger partial charge in [0.15, 0.2) is 0 Å². The Bertz CT molecular complexity index is 1200. The topological polar surface area (TPSA) is 95.9 Å². The molecular formula is C71H137NO5. The number of unbranched alkanes of at least 4 members (excludes halogenated alkanes) is 51. The van der Waals surface area contributed by atoms with Crippen LogP contribution >= 0.6 is 0 Å². The van der Waals surface area contributed by atoms with Crippen LogP contribution in [0, 0.1) is 0 Å². The average molecular weight is 1080 g/mol. The molecule has 0 aromatic heterocycles. The average Bonchev–Trinajstić information content (AvgIpc) is 3.43. The van der Waals surface area contributed by atoms with Gasteiger partial charge in [-0.2, -0.15) is 0 Å². The van der Waals surface area contributed by atoms with Gasteiger partial charge in [-0.05, 0) is 57.8 Å². The third-order valence-corrected chi connectivity index (χ3v) is 16.5. The molecule has 0 aliphatic carbocycles. The van der Waals surface area contributed by atoms with Gasteiger partial charge in [-0.1, -0.05) is 346 Å². The molecule has 0 saturated carbocycles. The number of aliphatic hydroxyl groups is 2. The van der Waals surface area contributed by atoms with Crippen LogP contribution in [0.15, 0.2) is 24.3 Å². The summed E-state index contributed by atoms with van der Waals surface area (Å²) in [7, 11) is 0. The second-order valence-electron chi connectivity index (χ2n) is 24.2. The Labute approximate surface area is 481 Å². The highest BCUT2D eigenvalue weighted by Gasteiger charge is 2.20. The van der Waals surface area contributed by atoms with E-state index in [1.807, 2.05) is 0 Å². The van der Waals surface area contributed by atoms with E-state index in [0.29, 0.717) is 25.9 Å². The fourth-order valence-electron chi connectivity index (χ4n) is 11.1. The Morgan fingerprint density at radius 2 is 0.649 bits per heavy atom. The number of carbonyl (C=O) groups is 2. The SMILES string of the molecule is CCCCCCCCCCCCCCCCCCCCCCCCCC(O)C(CO)NC(=O)CCCCCCCCCCC/C=C\C/C=C\CCCCCCCCCCCOC(=O)CCCCCCCCCCCCCC. The van der Waals surface area contributed by atoms with E-state index in [4.69, 9.17) is 4.74 Å². The van der Waals surface area contributed by atoms with E-state index in [1.54, 1.807) is 0 Å². The van der Waals surface area contributed by atoms with Crippen LogP contribution in [0.25, 0.3) is 0 Å². The highest BCUT2D eigenvalue weighted by molar-refractivity contribution is 5.76. The molecule has 0 aliphatic heterocycles. The van der Waals surface area contributed by atoms with E-state index in [1.165, 1.54) is 315 Å². The summed E-state index contributed by atoms with van der Waals surface area (Å²) in [6.45, 7) is 4.98. The van der Waals surface area contributed by atoms with Gasteiger partial charge in [0.25, 0.3) is 0 Å². The first-order chi connectivity index (χ1) is 38.0. The van der Waals surface area contributed by atoms with E-state index in [9.17, 15) is 19.8 Å². The van der Waals surface area contributed by atoms with Crippen molar-refractivity contribution in [1.29, 1.82) is 0 Å². The lowest BCUT2D eigenvalue weighted by Crippen LogP contribution is -2.45. The van der Waals surface area contributed by atoms with Crippen LogP contribution in [0.5, 0.6) is 0 Å². The summed E-state index contributed by atoms with van der Waals surface area (Å²) in [5.41, 5.74) is 0. The standard InChI is InChI=1S/C71H137NO5/c1-3-5-7-9-11-13-15-17-18-19-20-21-25-28-31-34-37-40-43-47-51-55-59-63-69(74)68(67-73)72-70(75)64-60-56-52-48-44-41-38-35-32-29-26-23-22-24-27-30-33-36-39-42-46-50-54-58-62-66-77-71(76)65-61-57-53-49-45-16-14-12-10-8-6-4-2/h23-24,26-27,68-69,73-74H,3-22,25,28-67H2,1-2H3,(H,72,75)/b26-23-,27-24-. The lowest BCUT2D eigenvalue weighted by atomic mass is 10.0. The van der Waals surface area contributed by atoms with Gasteiger partial charge < -0.3 is 20.3 Å². The van der Waals surface area contributed by atoms with Gasteiger partial charge >= 0.3 is 5.97 Å². The quantitative estimate of drug-likeness (QED) is 0.0320. The molecule has 3 N–H and O–H groups in total. The Hall–Kier alpha value is -1.66. The van der Waals surface area contributed by atoms with Crippen molar-refractivity contribution in [3.8, 4) is 0 Å². The second kappa shape index (κ2) is 66.8. The Morgan fingerprint density at radius 3 is 0.987 bits per heavy atom. The molecule has 0 aromatic rings. The zero-order chi connectivity index (χ0) is 55.7. The lowest BCUT2D eigenvalue weighted by molar-refractivity contribution is -0.143. The van der Waals surface area contributed by atoms with Crippen molar-refractivity contribution in [1.82, 2.24) is 5.32 Å². The van der Waals surface area contributed by atoms with Crippen LogP contribution < -0.4 is 5.32 Å². The smallest absolute Gasteiger partial charge is 0.305 e. The second-order valence-corrected chi connectivity index (χ2v) is 24.2. The van der Waals surface area contributed by atoms with Crippen LogP contribution in [-0.4, -0.2) is 47.4 Å². The molecule has 0 aromatic carbocycles. The van der Waals surface area contributed by atoms with E-state index in [2.05, 4.69) is 43.5 Å². The summed E-state index contributed by atoms with van der Waals surface area (Å²) in [4.78, 5) is 24.6. The third-order valence-electron chi connectivity index (χ3n) is 16.5. The highest BCUT2D eigenvalue weighted by atomic mass is 16.5. The maximum Gasteiger partial charge on any atom is 0.305 e. The van der Waals surface area contributed by atoms with E-state index in [0.717, 1.165) is 44.9 Å². The number of aliphatic hydroxyl groups excluding tert-OH is 2. The lowest BCUT2D eigenvalue weighted by Gasteiger charge is -2.22. The molecule has 1 amide bonds. The molecule has 0 fully saturated rings. The minimum absolute atomic E-state index is 0.0105. The molecular weight excluding hydrogens is 947 g/mol. The number of rotatable bonds is 66. The van der Waals surface area contributed by atoms with Crippen molar-refractivity contribution in [2.24, 2.45) is 0 Å². The molecule has 0 rings (SSSR count). The summed E-state index contributed by atoms with van der Waals surface area (Å²) in [5.74, 6) is -0.0261. The van der Waals surface area contributed by atoms with E-state index >= 15 is 0 Å². The fraction of sp³-hybridized carbons (Fsp3) is 0.915. The predicted molar refractivity (Wildman–Crippen MR) is 338 cm³/mol. The van der Waals surface area contributed by atoms with Gasteiger partial charge in [0.05, 0.1) is 25.4 Å². The van der Waals surface area contributed by atoms with Gasteiger partial charge in [0.1, 0.15) is 0 Å². The number of ether oxygens (including phenoxy) is 1. The minimum atomic E-state index is -0.670. The number of nitrogens with one attached hydrogen (secondary N) is 1. The number of hydrogen-bond acceptors (Lipinski definition) is 5. The van der Waals surface area contributed by atoms with Crippen molar-refractivity contribution in [3.63, 3.8) is 0 Å². The maximum absolute atomic E-state index is 12.5. The highest BCUT2D eigenvalue weighted by Crippen LogP contribution is 2.19. The molecule has 6 heteroatoms.